The number of rotatable bonds is 7. The molecule has 1 fully saturated rings. The van der Waals surface area contributed by atoms with E-state index in [2.05, 4.69) is 0 Å². The van der Waals surface area contributed by atoms with E-state index in [-0.39, 0.29) is 22.3 Å². The SMILES string of the molecule is CC[C@]1(c2cccc(OS(=O)(=O)c3ccc(OC)c(OC)c3)c2)CCCCN(C)C1=O. The van der Waals surface area contributed by atoms with Gasteiger partial charge in [0, 0.05) is 19.7 Å². The fourth-order valence-corrected chi connectivity index (χ4v) is 5.08. The zero-order chi connectivity index (χ0) is 22.6. The number of nitrogens with zero attached hydrogens (tertiary/aromatic N) is 1. The highest BCUT2D eigenvalue weighted by atomic mass is 32.2. The molecule has 0 saturated carbocycles. The summed E-state index contributed by atoms with van der Waals surface area (Å²) in [5.41, 5.74) is 0.0892. The topological polar surface area (TPSA) is 82.1 Å². The summed E-state index contributed by atoms with van der Waals surface area (Å²) in [6, 6.07) is 11.1. The predicted molar refractivity (Wildman–Crippen MR) is 117 cm³/mol. The summed E-state index contributed by atoms with van der Waals surface area (Å²) in [6.07, 6.45) is 3.23. The van der Waals surface area contributed by atoms with E-state index < -0.39 is 15.5 Å². The monoisotopic (exact) mass is 447 g/mol. The zero-order valence-corrected chi connectivity index (χ0v) is 19.2. The highest BCUT2D eigenvalue weighted by molar-refractivity contribution is 7.87. The Kier molecular flexibility index (Phi) is 6.79. The van der Waals surface area contributed by atoms with Crippen molar-refractivity contribution < 1.29 is 26.9 Å². The van der Waals surface area contributed by atoms with Crippen LogP contribution in [0.15, 0.2) is 47.4 Å². The van der Waals surface area contributed by atoms with Gasteiger partial charge >= 0.3 is 10.1 Å². The number of carbonyl (C=O) groups excluding carboxylic acids is 1. The van der Waals surface area contributed by atoms with Crippen LogP contribution in [0.2, 0.25) is 0 Å². The molecule has 0 N–H and O–H groups in total. The first-order chi connectivity index (χ1) is 14.8. The fraction of sp³-hybridized carbons (Fsp3) is 0.435. The summed E-state index contributed by atoms with van der Waals surface area (Å²) in [5, 5.41) is 0. The number of hydrogen-bond donors (Lipinski definition) is 0. The first-order valence-electron chi connectivity index (χ1n) is 10.3. The predicted octanol–water partition coefficient (Wildman–Crippen LogP) is 3.76. The molecule has 1 heterocycles. The van der Waals surface area contributed by atoms with Crippen molar-refractivity contribution in [2.24, 2.45) is 0 Å². The minimum Gasteiger partial charge on any atom is -0.493 e. The van der Waals surface area contributed by atoms with Gasteiger partial charge in [0.2, 0.25) is 5.91 Å². The molecule has 1 aliphatic heterocycles. The summed E-state index contributed by atoms with van der Waals surface area (Å²) < 4.78 is 41.5. The number of carbonyl (C=O) groups is 1. The molecule has 31 heavy (non-hydrogen) atoms. The first-order valence-corrected chi connectivity index (χ1v) is 11.7. The average Bonchev–Trinajstić information content (AvgIpc) is 2.92. The van der Waals surface area contributed by atoms with Gasteiger partial charge in [-0.2, -0.15) is 8.42 Å². The van der Waals surface area contributed by atoms with Crippen LogP contribution in [0.25, 0.3) is 0 Å². The third kappa shape index (κ3) is 4.49. The van der Waals surface area contributed by atoms with Gasteiger partial charge in [-0.25, -0.2) is 0 Å². The summed E-state index contributed by atoms with van der Waals surface area (Å²) in [4.78, 5) is 14.9. The van der Waals surface area contributed by atoms with Gasteiger partial charge in [-0.1, -0.05) is 25.5 Å². The molecule has 0 radical (unpaired) electrons. The van der Waals surface area contributed by atoms with E-state index in [9.17, 15) is 13.2 Å². The summed E-state index contributed by atoms with van der Waals surface area (Å²) in [6.45, 7) is 2.72. The van der Waals surface area contributed by atoms with E-state index in [0.717, 1.165) is 31.4 Å². The highest BCUT2D eigenvalue weighted by Gasteiger charge is 2.41. The Hall–Kier alpha value is -2.74. The fourth-order valence-electron chi connectivity index (χ4n) is 4.14. The lowest BCUT2D eigenvalue weighted by Gasteiger charge is -2.33. The maximum absolute atomic E-state index is 13.2. The maximum atomic E-state index is 13.2. The third-order valence-corrected chi connectivity index (χ3v) is 7.19. The average molecular weight is 448 g/mol. The standard InChI is InChI=1S/C23H29NO6S/c1-5-23(13-6-7-14-24(2)22(23)25)17-9-8-10-18(15-17)30-31(26,27)19-11-12-20(28-3)21(16-19)29-4/h8-12,15-16H,5-7,13-14H2,1-4H3/t23-/m1/s1. The molecule has 1 saturated heterocycles. The molecule has 2 aromatic rings. The third-order valence-electron chi connectivity index (χ3n) is 5.94. The van der Waals surface area contributed by atoms with Crippen LogP contribution in [0, 0.1) is 0 Å². The normalized spacial score (nSPS) is 19.6. The van der Waals surface area contributed by atoms with Gasteiger partial charge in [-0.05, 0) is 49.1 Å². The van der Waals surface area contributed by atoms with Crippen molar-refractivity contribution in [1.29, 1.82) is 0 Å². The van der Waals surface area contributed by atoms with Gasteiger partial charge in [0.15, 0.2) is 11.5 Å². The number of hydrogen-bond acceptors (Lipinski definition) is 6. The first kappa shape index (κ1) is 22.9. The molecule has 0 aromatic heterocycles. The minimum atomic E-state index is -4.11. The molecule has 3 rings (SSSR count). The Bertz CT molecular complexity index is 1050. The molecule has 1 amide bonds. The van der Waals surface area contributed by atoms with Crippen LogP contribution in [0.1, 0.15) is 38.2 Å². The summed E-state index contributed by atoms with van der Waals surface area (Å²) >= 11 is 0. The Labute approximate surface area is 184 Å². The van der Waals surface area contributed by atoms with Crippen LogP contribution >= 0.6 is 0 Å². The van der Waals surface area contributed by atoms with Crippen LogP contribution in [-0.4, -0.2) is 47.0 Å². The Morgan fingerprint density at radius 2 is 1.77 bits per heavy atom. The molecule has 0 bridgehead atoms. The van der Waals surface area contributed by atoms with Gasteiger partial charge in [-0.3, -0.25) is 4.79 Å². The van der Waals surface area contributed by atoms with Crippen LogP contribution in [0.4, 0.5) is 0 Å². The van der Waals surface area contributed by atoms with Crippen LogP contribution < -0.4 is 13.7 Å². The number of benzene rings is 2. The second-order valence-corrected chi connectivity index (χ2v) is 9.25. The van der Waals surface area contributed by atoms with Gasteiger partial charge in [0.05, 0.1) is 19.6 Å². The molecule has 1 atom stereocenters. The highest BCUT2D eigenvalue weighted by Crippen LogP contribution is 2.39. The Balaban J connectivity index is 1.95. The second kappa shape index (κ2) is 9.18. The summed E-state index contributed by atoms with van der Waals surface area (Å²) in [5.74, 6) is 0.939. The second-order valence-electron chi connectivity index (χ2n) is 7.70. The van der Waals surface area contributed by atoms with E-state index in [1.807, 2.05) is 20.0 Å². The molecule has 8 heteroatoms. The lowest BCUT2D eigenvalue weighted by Crippen LogP contribution is -2.43. The molecule has 0 spiro atoms. The molecule has 7 nitrogen and oxygen atoms in total. The van der Waals surface area contributed by atoms with Gasteiger partial charge < -0.3 is 18.6 Å². The molecule has 1 aliphatic rings. The van der Waals surface area contributed by atoms with E-state index in [1.165, 1.54) is 32.4 Å². The number of ether oxygens (including phenoxy) is 2. The number of methoxy groups -OCH3 is 2. The van der Waals surface area contributed by atoms with Crippen molar-refractivity contribution in [3.05, 3.63) is 48.0 Å². The van der Waals surface area contributed by atoms with Crippen molar-refractivity contribution in [2.45, 2.75) is 42.9 Å². The van der Waals surface area contributed by atoms with Crippen molar-refractivity contribution in [1.82, 2.24) is 4.90 Å². The quantitative estimate of drug-likeness (QED) is 0.601. The van der Waals surface area contributed by atoms with Crippen molar-refractivity contribution in [3.63, 3.8) is 0 Å². The summed E-state index contributed by atoms with van der Waals surface area (Å²) in [7, 11) is 0.622. The maximum Gasteiger partial charge on any atom is 0.339 e. The molecule has 2 aromatic carbocycles. The van der Waals surface area contributed by atoms with E-state index in [0.29, 0.717) is 12.2 Å². The largest absolute Gasteiger partial charge is 0.493 e. The van der Waals surface area contributed by atoms with Crippen molar-refractivity contribution >= 4 is 16.0 Å². The van der Waals surface area contributed by atoms with Crippen molar-refractivity contribution in [3.8, 4) is 17.2 Å². The van der Waals surface area contributed by atoms with E-state index >= 15 is 0 Å². The minimum absolute atomic E-state index is 0.0500. The van der Waals surface area contributed by atoms with Crippen molar-refractivity contribution in [2.75, 3.05) is 27.8 Å². The van der Waals surface area contributed by atoms with Gasteiger partial charge in [-0.15, -0.1) is 0 Å². The molecular formula is C23H29NO6S. The lowest BCUT2D eigenvalue weighted by atomic mass is 9.73. The van der Waals surface area contributed by atoms with Gasteiger partial charge in [0.1, 0.15) is 10.6 Å². The van der Waals surface area contributed by atoms with E-state index in [4.69, 9.17) is 13.7 Å². The molecule has 168 valence electrons. The van der Waals surface area contributed by atoms with E-state index in [1.54, 1.807) is 23.1 Å². The van der Waals surface area contributed by atoms with Crippen LogP contribution in [0.3, 0.4) is 0 Å². The number of likely N-dealkylation sites (tertiary alicyclic amines) is 1. The van der Waals surface area contributed by atoms with Gasteiger partial charge in [0.25, 0.3) is 0 Å². The number of amides is 1. The number of likely N-dealkylation sites (N-methyl/N-ethyl adjacent to an activating group) is 1. The van der Waals surface area contributed by atoms with Crippen LogP contribution in [-0.2, 0) is 20.3 Å². The molecule has 0 unspecified atom stereocenters. The zero-order valence-electron chi connectivity index (χ0n) is 18.4. The smallest absolute Gasteiger partial charge is 0.339 e. The molecule has 0 aliphatic carbocycles. The lowest BCUT2D eigenvalue weighted by molar-refractivity contribution is -0.135. The Morgan fingerprint density at radius 3 is 2.45 bits per heavy atom. The van der Waals surface area contributed by atoms with Crippen LogP contribution in [0.5, 0.6) is 17.2 Å². The molecular weight excluding hydrogens is 418 g/mol. The Morgan fingerprint density at radius 1 is 1.03 bits per heavy atom.